The third-order valence-electron chi connectivity index (χ3n) is 1.64. The van der Waals surface area contributed by atoms with E-state index in [1.165, 1.54) is 12.1 Å². The Hall–Kier alpha value is -1.69. The molecule has 13 heavy (non-hydrogen) atoms. The van der Waals surface area contributed by atoms with Crippen molar-refractivity contribution < 1.29 is 8.78 Å². The zero-order valence-electron chi connectivity index (χ0n) is 7.01. The molecule has 0 aromatic heterocycles. The van der Waals surface area contributed by atoms with Crippen molar-refractivity contribution in [2.75, 3.05) is 0 Å². The molecular formula is C10H7F2N. The van der Waals surface area contributed by atoms with Crippen LogP contribution < -0.4 is 0 Å². The average Bonchev–Trinajstić information content (AvgIpc) is 2.04. The van der Waals surface area contributed by atoms with E-state index in [1.807, 2.05) is 0 Å². The second kappa shape index (κ2) is 3.81. The summed E-state index contributed by atoms with van der Waals surface area (Å²) < 4.78 is 25.5. The number of nitrogens with zero attached hydrogens (tertiary/aromatic N) is 1. The monoisotopic (exact) mass is 179 g/mol. The number of benzene rings is 1. The van der Waals surface area contributed by atoms with Crippen molar-refractivity contribution in [3.8, 4) is 6.07 Å². The van der Waals surface area contributed by atoms with E-state index in [4.69, 9.17) is 5.26 Å². The lowest BCUT2D eigenvalue weighted by atomic mass is 10.1. The molecule has 0 atom stereocenters. The van der Waals surface area contributed by atoms with Gasteiger partial charge in [0.2, 0.25) is 0 Å². The molecule has 0 aliphatic carbocycles. The number of hydrogen-bond donors (Lipinski definition) is 0. The van der Waals surface area contributed by atoms with Gasteiger partial charge in [-0.3, -0.25) is 0 Å². The minimum Gasteiger partial charge on any atom is -0.207 e. The molecule has 1 nitrogen and oxygen atoms in total. The van der Waals surface area contributed by atoms with Crippen LogP contribution in [0.15, 0.2) is 24.3 Å². The van der Waals surface area contributed by atoms with Crippen LogP contribution in [0, 0.1) is 23.0 Å². The molecule has 0 aliphatic heterocycles. The Morgan fingerprint density at radius 1 is 1.46 bits per heavy atom. The zero-order chi connectivity index (χ0) is 9.84. The molecule has 1 aromatic rings. The fourth-order valence-corrected chi connectivity index (χ4v) is 0.984. The molecule has 0 heterocycles. The number of halogens is 2. The standard InChI is InChI=1S/C10H7F2N/c1-7(4-5-13)9-3-2-8(11)6-10(9)12/h2-4,6H,1H3/b7-4-. The van der Waals surface area contributed by atoms with E-state index in [9.17, 15) is 8.78 Å². The summed E-state index contributed by atoms with van der Waals surface area (Å²) in [6.07, 6.45) is 1.22. The maximum absolute atomic E-state index is 13.0. The lowest BCUT2D eigenvalue weighted by Crippen LogP contribution is -1.87. The Morgan fingerprint density at radius 3 is 2.69 bits per heavy atom. The van der Waals surface area contributed by atoms with Crippen molar-refractivity contribution in [1.29, 1.82) is 5.26 Å². The van der Waals surface area contributed by atoms with Crippen LogP contribution in [0.5, 0.6) is 0 Å². The van der Waals surface area contributed by atoms with Crippen LogP contribution in [0.25, 0.3) is 5.57 Å². The number of nitriles is 1. The van der Waals surface area contributed by atoms with Crippen LogP contribution in [0.2, 0.25) is 0 Å². The highest BCUT2D eigenvalue weighted by atomic mass is 19.1. The van der Waals surface area contributed by atoms with Gasteiger partial charge in [0.25, 0.3) is 0 Å². The summed E-state index contributed by atoms with van der Waals surface area (Å²) in [5.74, 6) is -1.27. The number of hydrogen-bond acceptors (Lipinski definition) is 1. The fraction of sp³-hybridized carbons (Fsp3) is 0.100. The minimum atomic E-state index is -0.649. The van der Waals surface area contributed by atoms with Crippen molar-refractivity contribution >= 4 is 5.57 Å². The van der Waals surface area contributed by atoms with Crippen LogP contribution in [0.3, 0.4) is 0 Å². The first-order chi connectivity index (χ1) is 6.15. The van der Waals surface area contributed by atoms with Gasteiger partial charge in [-0.15, -0.1) is 0 Å². The van der Waals surface area contributed by atoms with Gasteiger partial charge >= 0.3 is 0 Å². The molecule has 66 valence electrons. The first-order valence-electron chi connectivity index (χ1n) is 3.67. The molecule has 0 unspecified atom stereocenters. The lowest BCUT2D eigenvalue weighted by Gasteiger charge is -2.01. The van der Waals surface area contributed by atoms with Gasteiger partial charge in [-0.2, -0.15) is 5.26 Å². The normalized spacial score (nSPS) is 11.1. The van der Waals surface area contributed by atoms with Gasteiger partial charge in [-0.1, -0.05) is 0 Å². The van der Waals surface area contributed by atoms with Crippen LogP contribution in [-0.2, 0) is 0 Å². The zero-order valence-corrected chi connectivity index (χ0v) is 7.01. The lowest BCUT2D eigenvalue weighted by molar-refractivity contribution is 0.581. The fourth-order valence-electron chi connectivity index (χ4n) is 0.984. The molecule has 0 N–H and O–H groups in total. The highest BCUT2D eigenvalue weighted by molar-refractivity contribution is 5.66. The van der Waals surface area contributed by atoms with Crippen LogP contribution in [0.1, 0.15) is 12.5 Å². The highest BCUT2D eigenvalue weighted by Crippen LogP contribution is 2.17. The molecule has 0 spiro atoms. The largest absolute Gasteiger partial charge is 0.207 e. The van der Waals surface area contributed by atoms with Gasteiger partial charge in [0, 0.05) is 17.7 Å². The van der Waals surface area contributed by atoms with Gasteiger partial charge < -0.3 is 0 Å². The van der Waals surface area contributed by atoms with Crippen LogP contribution in [0.4, 0.5) is 8.78 Å². The van der Waals surface area contributed by atoms with Crippen molar-refractivity contribution in [3.63, 3.8) is 0 Å². The molecule has 1 rings (SSSR count). The van der Waals surface area contributed by atoms with E-state index in [-0.39, 0.29) is 5.56 Å². The van der Waals surface area contributed by atoms with E-state index >= 15 is 0 Å². The third-order valence-corrected chi connectivity index (χ3v) is 1.64. The molecular weight excluding hydrogens is 172 g/mol. The van der Waals surface area contributed by atoms with Gasteiger partial charge in [-0.25, -0.2) is 8.78 Å². The van der Waals surface area contributed by atoms with Crippen LogP contribution >= 0.6 is 0 Å². The first kappa shape index (κ1) is 9.40. The number of allylic oxidation sites excluding steroid dienone is 2. The minimum absolute atomic E-state index is 0.253. The third kappa shape index (κ3) is 2.12. The van der Waals surface area contributed by atoms with Crippen molar-refractivity contribution in [2.45, 2.75) is 6.92 Å². The Bertz CT molecular complexity index is 388. The molecule has 0 amide bonds. The van der Waals surface area contributed by atoms with Crippen molar-refractivity contribution in [1.82, 2.24) is 0 Å². The molecule has 0 bridgehead atoms. The van der Waals surface area contributed by atoms with E-state index in [0.717, 1.165) is 12.1 Å². The van der Waals surface area contributed by atoms with Gasteiger partial charge in [-0.05, 0) is 24.6 Å². The number of rotatable bonds is 1. The Morgan fingerprint density at radius 2 is 2.15 bits per heavy atom. The SMILES string of the molecule is C/C(=C/C#N)c1ccc(F)cc1F. The van der Waals surface area contributed by atoms with Gasteiger partial charge in [0.1, 0.15) is 11.6 Å². The summed E-state index contributed by atoms with van der Waals surface area (Å²) in [5.41, 5.74) is 0.739. The maximum atomic E-state index is 13.0. The van der Waals surface area contributed by atoms with Gasteiger partial charge in [0.05, 0.1) is 6.07 Å². The highest BCUT2D eigenvalue weighted by Gasteiger charge is 2.04. The average molecular weight is 179 g/mol. The molecule has 0 saturated heterocycles. The summed E-state index contributed by atoms with van der Waals surface area (Å²) in [4.78, 5) is 0. The Kier molecular flexibility index (Phi) is 2.76. The van der Waals surface area contributed by atoms with Crippen LogP contribution in [-0.4, -0.2) is 0 Å². The molecule has 0 fully saturated rings. The quantitative estimate of drug-likeness (QED) is 0.608. The molecule has 3 heteroatoms. The van der Waals surface area contributed by atoms with E-state index in [1.54, 1.807) is 13.0 Å². The predicted octanol–water partition coefficient (Wildman–Crippen LogP) is 2.89. The first-order valence-corrected chi connectivity index (χ1v) is 3.67. The van der Waals surface area contributed by atoms with E-state index in [2.05, 4.69) is 0 Å². The Labute approximate surface area is 74.9 Å². The summed E-state index contributed by atoms with van der Waals surface area (Å²) in [5, 5.41) is 8.32. The maximum Gasteiger partial charge on any atom is 0.133 e. The van der Waals surface area contributed by atoms with E-state index in [0.29, 0.717) is 5.57 Å². The molecule has 0 radical (unpaired) electrons. The Balaban J connectivity index is 3.18. The second-order valence-corrected chi connectivity index (χ2v) is 2.58. The summed E-state index contributed by atoms with van der Waals surface area (Å²) in [7, 11) is 0. The summed E-state index contributed by atoms with van der Waals surface area (Å²) >= 11 is 0. The predicted molar refractivity (Wildman–Crippen MR) is 45.6 cm³/mol. The van der Waals surface area contributed by atoms with E-state index < -0.39 is 11.6 Å². The smallest absolute Gasteiger partial charge is 0.133 e. The topological polar surface area (TPSA) is 23.8 Å². The van der Waals surface area contributed by atoms with Crippen molar-refractivity contribution in [3.05, 3.63) is 41.5 Å². The molecule has 0 saturated carbocycles. The summed E-state index contributed by atoms with van der Waals surface area (Å²) in [6, 6.07) is 5.05. The molecule has 1 aromatic carbocycles. The van der Waals surface area contributed by atoms with Gasteiger partial charge in [0.15, 0.2) is 0 Å². The van der Waals surface area contributed by atoms with Crippen molar-refractivity contribution in [2.24, 2.45) is 0 Å². The second-order valence-electron chi connectivity index (χ2n) is 2.58. The molecule has 0 aliphatic rings. The summed E-state index contributed by atoms with van der Waals surface area (Å²) in [6.45, 7) is 1.60.